The van der Waals surface area contributed by atoms with Crippen molar-refractivity contribution in [1.29, 1.82) is 0 Å². The molecule has 2 aliphatic heterocycles. The summed E-state index contributed by atoms with van der Waals surface area (Å²) >= 11 is 0. The summed E-state index contributed by atoms with van der Waals surface area (Å²) in [7, 11) is 0. The van der Waals surface area contributed by atoms with Crippen LogP contribution < -0.4 is 0 Å². The summed E-state index contributed by atoms with van der Waals surface area (Å²) < 4.78 is 5.93. The molecule has 0 radical (unpaired) electrons. The molecular weight excluding hydrogens is 336 g/mol. The summed E-state index contributed by atoms with van der Waals surface area (Å²) in [5, 5.41) is 8.59. The van der Waals surface area contributed by atoms with Crippen LogP contribution >= 0.6 is 0 Å². The van der Waals surface area contributed by atoms with Crippen LogP contribution in [0.25, 0.3) is 0 Å². The minimum atomic E-state index is 0.330. The van der Waals surface area contributed by atoms with Gasteiger partial charge in [-0.25, -0.2) is 0 Å². The van der Waals surface area contributed by atoms with E-state index in [0.29, 0.717) is 23.1 Å². The van der Waals surface area contributed by atoms with Gasteiger partial charge in [-0.05, 0) is 56.0 Å². The van der Waals surface area contributed by atoms with Gasteiger partial charge >= 0.3 is 0 Å². The Morgan fingerprint density at radius 3 is 2.44 bits per heavy atom. The first kappa shape index (κ1) is 19.4. The Balaban J connectivity index is 1.42. The number of rotatable bonds is 5. The maximum absolute atomic E-state index is 5.93. The highest BCUT2D eigenvalue weighted by Crippen LogP contribution is 2.49. The number of piperidine rings is 1. The van der Waals surface area contributed by atoms with Gasteiger partial charge in [-0.15, -0.1) is 10.2 Å². The third-order valence-electron chi connectivity index (χ3n) is 7.27. The minimum Gasteiger partial charge on any atom is -0.425 e. The first-order valence-corrected chi connectivity index (χ1v) is 11.3. The van der Waals surface area contributed by atoms with Crippen LogP contribution in [0.2, 0.25) is 0 Å². The zero-order valence-corrected chi connectivity index (χ0v) is 17.6. The van der Waals surface area contributed by atoms with Gasteiger partial charge in [0.25, 0.3) is 0 Å². The molecule has 1 atom stereocenters. The van der Waals surface area contributed by atoms with Crippen molar-refractivity contribution in [2.24, 2.45) is 17.3 Å². The highest BCUT2D eigenvalue weighted by atomic mass is 16.4. The Morgan fingerprint density at radius 2 is 1.81 bits per heavy atom. The molecule has 2 saturated heterocycles. The molecule has 3 fully saturated rings. The molecule has 1 spiro atoms. The van der Waals surface area contributed by atoms with E-state index in [1.165, 1.54) is 77.7 Å². The predicted octanol–water partition coefficient (Wildman–Crippen LogP) is 4.10. The lowest BCUT2D eigenvalue weighted by molar-refractivity contribution is 0.0742. The maximum atomic E-state index is 5.93. The average Bonchev–Trinajstić information content (AvgIpc) is 3.21. The van der Waals surface area contributed by atoms with E-state index in [9.17, 15) is 0 Å². The second-order valence-electron chi connectivity index (χ2n) is 9.97. The lowest BCUT2D eigenvalue weighted by Gasteiger charge is -2.43. The number of nitrogens with zero attached hydrogens (tertiary/aromatic N) is 4. The molecule has 27 heavy (non-hydrogen) atoms. The third-order valence-corrected chi connectivity index (χ3v) is 7.27. The molecule has 0 amide bonds. The molecule has 0 N–H and O–H groups in total. The highest BCUT2D eigenvalue weighted by molar-refractivity contribution is 5.11. The van der Waals surface area contributed by atoms with Gasteiger partial charge in [-0.1, -0.05) is 33.1 Å². The summed E-state index contributed by atoms with van der Waals surface area (Å²) in [4.78, 5) is 5.41. The van der Waals surface area contributed by atoms with Gasteiger partial charge in [0.05, 0.1) is 5.92 Å². The van der Waals surface area contributed by atoms with Gasteiger partial charge in [0.15, 0.2) is 0 Å². The molecule has 1 unspecified atom stereocenters. The molecule has 5 nitrogen and oxygen atoms in total. The quantitative estimate of drug-likeness (QED) is 0.776. The first-order valence-electron chi connectivity index (χ1n) is 11.3. The van der Waals surface area contributed by atoms with E-state index in [4.69, 9.17) is 4.42 Å². The summed E-state index contributed by atoms with van der Waals surface area (Å²) in [5.74, 6) is 3.66. The zero-order valence-electron chi connectivity index (χ0n) is 17.6. The van der Waals surface area contributed by atoms with Crippen molar-refractivity contribution in [1.82, 2.24) is 20.0 Å². The second kappa shape index (κ2) is 8.20. The third kappa shape index (κ3) is 4.40. The molecule has 1 aromatic heterocycles. The SMILES string of the molecule is Cc1nnc(C2CN(CC(C)C)CC23CCN(CC2CCCCC2)CC3)o1. The van der Waals surface area contributed by atoms with Crippen molar-refractivity contribution >= 4 is 0 Å². The monoisotopic (exact) mass is 374 g/mol. The second-order valence-corrected chi connectivity index (χ2v) is 9.97. The Labute approximate surface area is 164 Å². The lowest BCUT2D eigenvalue weighted by atomic mass is 9.70. The Kier molecular flexibility index (Phi) is 5.89. The van der Waals surface area contributed by atoms with E-state index in [-0.39, 0.29) is 0 Å². The fourth-order valence-corrected chi connectivity index (χ4v) is 5.94. The predicted molar refractivity (Wildman–Crippen MR) is 108 cm³/mol. The van der Waals surface area contributed by atoms with Crippen molar-refractivity contribution in [2.75, 3.05) is 39.3 Å². The van der Waals surface area contributed by atoms with Crippen LogP contribution in [0.4, 0.5) is 0 Å². The summed E-state index contributed by atoms with van der Waals surface area (Å²) in [6.45, 7) is 13.8. The molecule has 1 saturated carbocycles. The summed E-state index contributed by atoms with van der Waals surface area (Å²) in [5.41, 5.74) is 0.330. The van der Waals surface area contributed by atoms with Crippen LogP contribution in [0.1, 0.15) is 76.5 Å². The maximum Gasteiger partial charge on any atom is 0.221 e. The largest absolute Gasteiger partial charge is 0.425 e. The van der Waals surface area contributed by atoms with Crippen molar-refractivity contribution in [3.8, 4) is 0 Å². The standard InChI is InChI=1S/C22H38N4O/c1-17(2)13-26-15-20(21-24-23-18(3)27-21)22(16-26)9-11-25(12-10-22)14-19-7-5-4-6-8-19/h17,19-20H,4-16H2,1-3H3. The van der Waals surface area contributed by atoms with E-state index >= 15 is 0 Å². The van der Waals surface area contributed by atoms with Gasteiger partial charge in [0.2, 0.25) is 11.8 Å². The highest BCUT2D eigenvalue weighted by Gasteiger charge is 2.50. The van der Waals surface area contributed by atoms with Crippen molar-refractivity contribution < 1.29 is 4.42 Å². The van der Waals surface area contributed by atoms with Crippen LogP contribution in [-0.4, -0.2) is 59.3 Å². The molecule has 1 aromatic rings. The van der Waals surface area contributed by atoms with Gasteiger partial charge in [-0.2, -0.15) is 0 Å². The smallest absolute Gasteiger partial charge is 0.221 e. The molecule has 0 bridgehead atoms. The van der Waals surface area contributed by atoms with Crippen LogP contribution in [0, 0.1) is 24.2 Å². The summed E-state index contributed by atoms with van der Waals surface area (Å²) in [6.07, 6.45) is 9.81. The zero-order chi connectivity index (χ0) is 18.9. The van der Waals surface area contributed by atoms with Crippen molar-refractivity contribution in [3.05, 3.63) is 11.8 Å². The Hall–Kier alpha value is -0.940. The number of likely N-dealkylation sites (tertiary alicyclic amines) is 2. The number of aromatic nitrogens is 2. The van der Waals surface area contributed by atoms with E-state index in [1.54, 1.807) is 0 Å². The number of hydrogen-bond donors (Lipinski definition) is 0. The molecule has 3 aliphatic rings. The molecule has 0 aromatic carbocycles. The van der Waals surface area contributed by atoms with Crippen molar-refractivity contribution in [2.45, 2.75) is 71.6 Å². The normalized spacial score (nSPS) is 27.8. The van der Waals surface area contributed by atoms with Gasteiger partial charge in [-0.3, -0.25) is 0 Å². The Bertz CT molecular complexity index is 599. The van der Waals surface area contributed by atoms with Crippen LogP contribution in [0.5, 0.6) is 0 Å². The Morgan fingerprint density at radius 1 is 1.07 bits per heavy atom. The first-order chi connectivity index (χ1) is 13.0. The average molecular weight is 375 g/mol. The van der Waals surface area contributed by atoms with Gasteiger partial charge < -0.3 is 14.2 Å². The topological polar surface area (TPSA) is 45.4 Å². The van der Waals surface area contributed by atoms with Crippen LogP contribution in [0.15, 0.2) is 4.42 Å². The fourth-order valence-electron chi connectivity index (χ4n) is 5.94. The van der Waals surface area contributed by atoms with Gasteiger partial charge in [0, 0.05) is 33.1 Å². The van der Waals surface area contributed by atoms with Gasteiger partial charge in [0.1, 0.15) is 0 Å². The van der Waals surface area contributed by atoms with E-state index in [1.807, 2.05) is 6.92 Å². The lowest BCUT2D eigenvalue weighted by Crippen LogP contribution is -2.45. The molecule has 5 heteroatoms. The van der Waals surface area contributed by atoms with Crippen LogP contribution in [-0.2, 0) is 0 Å². The minimum absolute atomic E-state index is 0.330. The fraction of sp³-hybridized carbons (Fsp3) is 0.909. The molecule has 3 heterocycles. The van der Waals surface area contributed by atoms with Crippen molar-refractivity contribution in [3.63, 3.8) is 0 Å². The van der Waals surface area contributed by atoms with E-state index in [0.717, 1.165) is 18.4 Å². The van der Waals surface area contributed by atoms with Crippen LogP contribution in [0.3, 0.4) is 0 Å². The van der Waals surface area contributed by atoms with E-state index < -0.39 is 0 Å². The number of hydrogen-bond acceptors (Lipinski definition) is 5. The van der Waals surface area contributed by atoms with E-state index in [2.05, 4.69) is 33.8 Å². The summed E-state index contributed by atoms with van der Waals surface area (Å²) in [6, 6.07) is 0. The molecule has 1 aliphatic carbocycles. The number of aryl methyl sites for hydroxylation is 1. The molecule has 4 rings (SSSR count). The molecule has 152 valence electrons. The molecular formula is C22H38N4O.